The van der Waals surface area contributed by atoms with Crippen molar-refractivity contribution in [1.29, 1.82) is 0 Å². The fourth-order valence-electron chi connectivity index (χ4n) is 2.42. The van der Waals surface area contributed by atoms with Gasteiger partial charge in [0.2, 0.25) is 0 Å². The summed E-state index contributed by atoms with van der Waals surface area (Å²) < 4.78 is 0. The molecule has 1 atom stereocenters. The quantitative estimate of drug-likeness (QED) is 0.427. The Hall–Kier alpha value is -0.780. The summed E-state index contributed by atoms with van der Waals surface area (Å²) in [7, 11) is 0. The Balaban J connectivity index is 4.96. The summed E-state index contributed by atoms with van der Waals surface area (Å²) in [6, 6.07) is 0. The lowest BCUT2D eigenvalue weighted by Crippen LogP contribution is -2.15. The van der Waals surface area contributed by atoms with Crippen LogP contribution in [0.4, 0.5) is 0 Å². The van der Waals surface area contributed by atoms with Crippen molar-refractivity contribution in [1.82, 2.24) is 0 Å². The van der Waals surface area contributed by atoms with Gasteiger partial charge in [-0.1, -0.05) is 56.6 Å². The first-order valence-corrected chi connectivity index (χ1v) is 7.58. The van der Waals surface area contributed by atoms with Gasteiger partial charge in [-0.3, -0.25) is 0 Å². The van der Waals surface area contributed by atoms with E-state index < -0.39 is 0 Å². The van der Waals surface area contributed by atoms with Crippen LogP contribution >= 0.6 is 0 Å². The van der Waals surface area contributed by atoms with Crippen LogP contribution in [-0.2, 0) is 0 Å². The molecule has 0 nitrogen and oxygen atoms in total. The van der Waals surface area contributed by atoms with Gasteiger partial charge in [-0.25, -0.2) is 0 Å². The highest BCUT2D eigenvalue weighted by atomic mass is 14.3. The Morgan fingerprint density at radius 2 is 1.58 bits per heavy atom. The maximum Gasteiger partial charge on any atom is -0.0113 e. The number of allylic oxidation sites excluding steroid dienone is 4. The van der Waals surface area contributed by atoms with Crippen molar-refractivity contribution in [2.45, 2.75) is 74.1 Å². The molecule has 0 aliphatic carbocycles. The van der Waals surface area contributed by atoms with E-state index in [9.17, 15) is 0 Å². The molecule has 0 amide bonds. The molecule has 1 unspecified atom stereocenters. The summed E-state index contributed by atoms with van der Waals surface area (Å²) in [6.45, 7) is 24.0. The summed E-state index contributed by atoms with van der Waals surface area (Å²) in [6.07, 6.45) is 4.63. The first-order valence-electron chi connectivity index (χ1n) is 7.58. The zero-order valence-corrected chi connectivity index (χ0v) is 14.3. The lowest BCUT2D eigenvalue weighted by molar-refractivity contribution is 0.420. The second-order valence-electron chi connectivity index (χ2n) is 7.05. The zero-order valence-electron chi connectivity index (χ0n) is 14.3. The van der Waals surface area contributed by atoms with E-state index in [1.807, 2.05) is 0 Å². The van der Waals surface area contributed by atoms with Crippen molar-refractivity contribution in [3.8, 4) is 0 Å². The molecule has 19 heavy (non-hydrogen) atoms. The first-order chi connectivity index (χ1) is 8.60. The SMILES string of the molecule is C=C(C)CC(C)CC(CC(C)(C)C(=C)C)=C(C)CC. The molecule has 0 aromatic carbocycles. The summed E-state index contributed by atoms with van der Waals surface area (Å²) in [4.78, 5) is 0. The Kier molecular flexibility index (Phi) is 7.41. The first kappa shape index (κ1) is 18.2. The Morgan fingerprint density at radius 1 is 1.05 bits per heavy atom. The van der Waals surface area contributed by atoms with E-state index in [4.69, 9.17) is 0 Å². The smallest absolute Gasteiger partial charge is 0.0113 e. The largest absolute Gasteiger partial charge is 0.100 e. The predicted molar refractivity (Wildman–Crippen MR) is 89.4 cm³/mol. The second-order valence-corrected chi connectivity index (χ2v) is 7.05. The van der Waals surface area contributed by atoms with Gasteiger partial charge in [0.05, 0.1) is 0 Å². The Bertz CT molecular complexity index is 352. The minimum absolute atomic E-state index is 0.203. The van der Waals surface area contributed by atoms with Crippen LogP contribution in [0.25, 0.3) is 0 Å². The molecule has 0 heterocycles. The molecule has 0 aliphatic heterocycles. The average Bonchev–Trinajstić information content (AvgIpc) is 2.25. The summed E-state index contributed by atoms with van der Waals surface area (Å²) in [5.41, 5.74) is 5.96. The molecule has 0 aromatic rings. The molecular weight excluding hydrogens is 228 g/mol. The van der Waals surface area contributed by atoms with Crippen molar-refractivity contribution in [3.05, 3.63) is 35.5 Å². The molecule has 0 rings (SSSR count). The highest BCUT2D eigenvalue weighted by molar-refractivity contribution is 5.19. The summed E-state index contributed by atoms with van der Waals surface area (Å²) in [5, 5.41) is 0. The molecule has 0 saturated carbocycles. The molecule has 0 fully saturated rings. The third-order valence-electron chi connectivity index (χ3n) is 4.24. The minimum Gasteiger partial charge on any atom is -0.100 e. The molecule has 0 saturated heterocycles. The molecule has 0 spiro atoms. The molecule has 0 N–H and O–H groups in total. The zero-order chi connectivity index (χ0) is 15.2. The van der Waals surface area contributed by atoms with Crippen LogP contribution in [0.2, 0.25) is 0 Å². The topological polar surface area (TPSA) is 0 Å². The maximum atomic E-state index is 4.16. The van der Waals surface area contributed by atoms with Gasteiger partial charge in [0.25, 0.3) is 0 Å². The monoisotopic (exact) mass is 262 g/mol. The van der Waals surface area contributed by atoms with Crippen LogP contribution in [0, 0.1) is 11.3 Å². The number of hydrogen-bond donors (Lipinski definition) is 0. The van der Waals surface area contributed by atoms with Crippen molar-refractivity contribution in [2.24, 2.45) is 11.3 Å². The molecule has 0 heteroatoms. The van der Waals surface area contributed by atoms with Crippen LogP contribution in [0.3, 0.4) is 0 Å². The van der Waals surface area contributed by atoms with Crippen LogP contribution in [0.5, 0.6) is 0 Å². The van der Waals surface area contributed by atoms with Crippen molar-refractivity contribution in [2.75, 3.05) is 0 Å². The third kappa shape index (κ3) is 6.80. The fourth-order valence-corrected chi connectivity index (χ4v) is 2.42. The third-order valence-corrected chi connectivity index (χ3v) is 4.24. The number of rotatable bonds is 8. The normalized spacial score (nSPS) is 14.9. The van der Waals surface area contributed by atoms with Crippen molar-refractivity contribution >= 4 is 0 Å². The molecule has 0 radical (unpaired) electrons. The minimum atomic E-state index is 0.203. The standard InChI is InChI=1S/C19H34/c1-10-17(7)18(12-16(6)11-14(2)3)13-19(8,9)15(4)5/h16H,2,4,10-13H2,1,3,5-9H3. The van der Waals surface area contributed by atoms with Gasteiger partial charge < -0.3 is 0 Å². The van der Waals surface area contributed by atoms with Gasteiger partial charge in [0, 0.05) is 0 Å². The van der Waals surface area contributed by atoms with Crippen LogP contribution < -0.4 is 0 Å². The van der Waals surface area contributed by atoms with E-state index in [-0.39, 0.29) is 5.41 Å². The highest BCUT2D eigenvalue weighted by Crippen LogP contribution is 2.36. The Labute approximate surface area is 121 Å². The van der Waals surface area contributed by atoms with E-state index in [0.717, 1.165) is 19.3 Å². The molecule has 0 aliphatic rings. The Morgan fingerprint density at radius 3 is 1.95 bits per heavy atom. The van der Waals surface area contributed by atoms with Crippen molar-refractivity contribution < 1.29 is 0 Å². The lowest BCUT2D eigenvalue weighted by Gasteiger charge is -2.29. The van der Waals surface area contributed by atoms with E-state index in [0.29, 0.717) is 5.92 Å². The molecular formula is C19H34. The van der Waals surface area contributed by atoms with Crippen LogP contribution in [0.15, 0.2) is 35.5 Å². The van der Waals surface area contributed by atoms with Crippen molar-refractivity contribution in [3.63, 3.8) is 0 Å². The summed E-state index contributed by atoms with van der Waals surface area (Å²) >= 11 is 0. The molecule has 110 valence electrons. The molecule has 0 aromatic heterocycles. The van der Waals surface area contributed by atoms with Gasteiger partial charge in [0.15, 0.2) is 0 Å². The van der Waals surface area contributed by atoms with E-state index in [1.54, 1.807) is 11.1 Å². The van der Waals surface area contributed by atoms with Crippen LogP contribution in [0.1, 0.15) is 74.1 Å². The van der Waals surface area contributed by atoms with E-state index in [2.05, 4.69) is 61.6 Å². The number of hydrogen-bond acceptors (Lipinski definition) is 0. The van der Waals surface area contributed by atoms with E-state index >= 15 is 0 Å². The van der Waals surface area contributed by atoms with E-state index in [1.165, 1.54) is 17.6 Å². The van der Waals surface area contributed by atoms with Gasteiger partial charge in [-0.2, -0.15) is 0 Å². The van der Waals surface area contributed by atoms with Gasteiger partial charge in [-0.15, -0.1) is 6.58 Å². The van der Waals surface area contributed by atoms with Gasteiger partial charge >= 0.3 is 0 Å². The maximum absolute atomic E-state index is 4.16. The fraction of sp³-hybridized carbons (Fsp3) is 0.684. The average molecular weight is 262 g/mol. The lowest BCUT2D eigenvalue weighted by atomic mass is 9.76. The second kappa shape index (κ2) is 7.72. The van der Waals surface area contributed by atoms with Gasteiger partial charge in [0.1, 0.15) is 0 Å². The highest BCUT2D eigenvalue weighted by Gasteiger charge is 2.22. The predicted octanol–water partition coefficient (Wildman–Crippen LogP) is 6.70. The molecule has 0 bridgehead atoms. The summed E-state index contributed by atoms with van der Waals surface area (Å²) in [5.74, 6) is 0.690. The van der Waals surface area contributed by atoms with Crippen LogP contribution in [-0.4, -0.2) is 0 Å². The van der Waals surface area contributed by atoms with Gasteiger partial charge in [-0.05, 0) is 57.8 Å².